The molecule has 0 bridgehead atoms. The molecule has 5 aromatic rings. The average Bonchev–Trinajstić information content (AvgIpc) is 2.85. The summed E-state index contributed by atoms with van der Waals surface area (Å²) >= 11 is 0. The Morgan fingerprint density at radius 3 is 1.16 bits per heavy atom. The summed E-state index contributed by atoms with van der Waals surface area (Å²) in [7, 11) is -2.99. The maximum atomic E-state index is 15.8. The zero-order valence-corrected chi connectivity index (χ0v) is 18.7. The SMILES string of the molecule is CCP(c1c(F)ccc(F)c1F)c1c(F)c2c(F)c(F)c3c(F)c(F)c(F)c4c(F)c(F)c(c1F)c2c34. The largest absolute Gasteiger partial charge is 0.206 e. The van der Waals surface area contributed by atoms with Crippen LogP contribution in [0.2, 0.25) is 0 Å². The van der Waals surface area contributed by atoms with Crippen LogP contribution in [-0.4, -0.2) is 6.16 Å². The molecule has 0 aliphatic heterocycles. The van der Waals surface area contributed by atoms with Crippen molar-refractivity contribution >= 4 is 50.8 Å². The minimum Gasteiger partial charge on any atom is -0.206 e. The second-order valence-corrected chi connectivity index (χ2v) is 10.2. The van der Waals surface area contributed by atoms with E-state index in [9.17, 15) is 35.1 Å². The minimum atomic E-state index is -2.99. The van der Waals surface area contributed by atoms with Gasteiger partial charge in [0.25, 0.3) is 0 Å². The van der Waals surface area contributed by atoms with Crippen LogP contribution in [0.3, 0.4) is 0 Å². The van der Waals surface area contributed by atoms with Crippen molar-refractivity contribution in [1.82, 2.24) is 0 Å². The van der Waals surface area contributed by atoms with Gasteiger partial charge < -0.3 is 0 Å². The Morgan fingerprint density at radius 2 is 0.757 bits per heavy atom. The Labute approximate surface area is 199 Å². The summed E-state index contributed by atoms with van der Waals surface area (Å²) in [5.41, 5.74) is 0. The van der Waals surface area contributed by atoms with E-state index in [2.05, 4.69) is 0 Å². The van der Waals surface area contributed by atoms with Crippen molar-refractivity contribution in [2.24, 2.45) is 0 Å². The summed E-state index contributed by atoms with van der Waals surface area (Å²) in [5.74, 6) is -25.7. The lowest BCUT2D eigenvalue weighted by atomic mass is 9.91. The van der Waals surface area contributed by atoms with Crippen LogP contribution < -0.4 is 10.6 Å². The van der Waals surface area contributed by atoms with Gasteiger partial charge >= 0.3 is 0 Å². The van der Waals surface area contributed by atoms with E-state index >= 15 is 17.6 Å². The molecule has 0 aliphatic carbocycles. The maximum absolute atomic E-state index is 15.8. The van der Waals surface area contributed by atoms with Gasteiger partial charge in [0.2, 0.25) is 0 Å². The van der Waals surface area contributed by atoms with E-state index in [0.717, 1.165) is 6.92 Å². The summed E-state index contributed by atoms with van der Waals surface area (Å²) in [6.07, 6.45) is -0.559. The van der Waals surface area contributed by atoms with Gasteiger partial charge in [-0.05, 0) is 26.2 Å². The fourth-order valence-corrected chi connectivity index (χ4v) is 6.76. The van der Waals surface area contributed by atoms with E-state index in [1.54, 1.807) is 0 Å². The highest BCUT2D eigenvalue weighted by molar-refractivity contribution is 7.73. The van der Waals surface area contributed by atoms with E-state index in [4.69, 9.17) is 0 Å². The Bertz CT molecular complexity index is 1710. The predicted molar refractivity (Wildman–Crippen MR) is 113 cm³/mol. The zero-order chi connectivity index (χ0) is 27.2. The minimum absolute atomic E-state index is 0.372. The van der Waals surface area contributed by atoms with Crippen LogP contribution in [0.4, 0.5) is 52.7 Å². The maximum Gasteiger partial charge on any atom is 0.195 e. The van der Waals surface area contributed by atoms with Crippen LogP contribution in [0.1, 0.15) is 6.92 Å². The molecule has 0 nitrogen and oxygen atoms in total. The number of halogens is 12. The van der Waals surface area contributed by atoms with E-state index in [1.165, 1.54) is 0 Å². The molecule has 192 valence electrons. The van der Waals surface area contributed by atoms with Gasteiger partial charge in [-0.1, -0.05) is 6.92 Å². The molecule has 0 amide bonds. The second-order valence-electron chi connectivity index (χ2n) is 7.86. The third kappa shape index (κ3) is 3.11. The van der Waals surface area contributed by atoms with Crippen molar-refractivity contribution in [2.45, 2.75) is 6.92 Å². The summed E-state index contributed by atoms with van der Waals surface area (Å²) in [6.45, 7) is 1.14. The molecule has 0 fully saturated rings. The van der Waals surface area contributed by atoms with E-state index in [0.29, 0.717) is 12.1 Å². The van der Waals surface area contributed by atoms with Crippen molar-refractivity contribution in [3.05, 3.63) is 81.9 Å². The molecule has 0 heterocycles. The van der Waals surface area contributed by atoms with E-state index in [-0.39, 0.29) is 0 Å². The van der Waals surface area contributed by atoms with Gasteiger partial charge in [0.15, 0.2) is 52.4 Å². The lowest BCUT2D eigenvalue weighted by molar-refractivity contribution is 0.448. The van der Waals surface area contributed by atoms with Crippen LogP contribution in [0.25, 0.3) is 32.3 Å². The van der Waals surface area contributed by atoms with Crippen LogP contribution >= 0.6 is 7.92 Å². The summed E-state index contributed by atoms with van der Waals surface area (Å²) < 4.78 is 177. The van der Waals surface area contributed by atoms with Crippen molar-refractivity contribution in [3.8, 4) is 0 Å². The first kappa shape index (κ1) is 25.4. The normalized spacial score (nSPS) is 13.0. The van der Waals surface area contributed by atoms with Gasteiger partial charge in [-0.25, -0.2) is 52.7 Å². The van der Waals surface area contributed by atoms with Crippen molar-refractivity contribution < 1.29 is 52.7 Å². The molecular formula is C24H7F12P. The van der Waals surface area contributed by atoms with Crippen LogP contribution in [0.5, 0.6) is 0 Å². The molecule has 0 saturated heterocycles. The first-order valence-corrected chi connectivity index (χ1v) is 11.7. The quantitative estimate of drug-likeness (QED) is 0.0705. The monoisotopic (exact) mass is 554 g/mol. The van der Waals surface area contributed by atoms with Gasteiger partial charge in [0.1, 0.15) is 17.5 Å². The van der Waals surface area contributed by atoms with Gasteiger partial charge in [-0.15, -0.1) is 0 Å². The molecule has 0 N–H and O–H groups in total. The van der Waals surface area contributed by atoms with Gasteiger partial charge in [0, 0.05) is 10.8 Å². The topological polar surface area (TPSA) is 0 Å². The van der Waals surface area contributed by atoms with Crippen LogP contribution in [-0.2, 0) is 0 Å². The first-order chi connectivity index (χ1) is 17.4. The predicted octanol–water partition coefficient (Wildman–Crippen LogP) is 7.71. The molecule has 1 atom stereocenters. The summed E-state index contributed by atoms with van der Waals surface area (Å²) in [4.78, 5) is 0. The lowest BCUT2D eigenvalue weighted by Crippen LogP contribution is -2.26. The smallest absolute Gasteiger partial charge is 0.195 e. The first-order valence-electron chi connectivity index (χ1n) is 10.1. The van der Waals surface area contributed by atoms with Gasteiger partial charge in [0.05, 0.1) is 32.2 Å². The Balaban J connectivity index is 2.10. The zero-order valence-electron chi connectivity index (χ0n) is 17.8. The highest BCUT2D eigenvalue weighted by Gasteiger charge is 2.37. The van der Waals surface area contributed by atoms with E-state index < -0.39 is 127 Å². The highest BCUT2D eigenvalue weighted by Crippen LogP contribution is 2.47. The van der Waals surface area contributed by atoms with Crippen molar-refractivity contribution in [1.29, 1.82) is 0 Å². The molecule has 13 heteroatoms. The standard InChI is InChI=1S/C24H7F12P/c1-2-37(23-6(26)4-3-5(25)13(23)27)24-20(34)11-8-7-9(14(28)16(11)30)18(32)22(36)19(33)10(7)15(29)17(31)12(8)21(24)35/h3-4H,2H2,1H3. The van der Waals surface area contributed by atoms with Crippen LogP contribution in [0, 0.1) is 69.8 Å². The number of hydrogen-bond donors (Lipinski definition) is 0. The van der Waals surface area contributed by atoms with Gasteiger partial charge in [-0.2, -0.15) is 0 Å². The molecule has 0 saturated carbocycles. The molecule has 37 heavy (non-hydrogen) atoms. The van der Waals surface area contributed by atoms with Gasteiger partial charge in [-0.3, -0.25) is 0 Å². The molecular weight excluding hydrogens is 547 g/mol. The summed E-state index contributed by atoms with van der Waals surface area (Å²) in [6, 6.07) is 0.802. The Morgan fingerprint density at radius 1 is 0.405 bits per heavy atom. The molecule has 0 radical (unpaired) electrons. The Kier molecular flexibility index (Phi) is 5.74. The third-order valence-corrected chi connectivity index (χ3v) is 8.58. The molecule has 0 aliphatic rings. The van der Waals surface area contributed by atoms with Crippen LogP contribution in [0.15, 0.2) is 12.1 Å². The highest BCUT2D eigenvalue weighted by atomic mass is 31.1. The number of hydrogen-bond acceptors (Lipinski definition) is 0. The third-order valence-electron chi connectivity index (χ3n) is 6.07. The summed E-state index contributed by atoms with van der Waals surface area (Å²) in [5, 5.41) is -12.1. The Hall–Kier alpha value is -3.27. The van der Waals surface area contributed by atoms with Crippen molar-refractivity contribution in [2.75, 3.05) is 6.16 Å². The molecule has 0 spiro atoms. The fraction of sp³-hybridized carbons (Fsp3) is 0.0833. The average molecular weight is 554 g/mol. The lowest BCUT2D eigenvalue weighted by Gasteiger charge is -2.23. The molecule has 5 rings (SSSR count). The second kappa shape index (κ2) is 8.37. The molecule has 1 unspecified atom stereocenters. The van der Waals surface area contributed by atoms with Crippen molar-refractivity contribution in [3.63, 3.8) is 0 Å². The number of benzene rings is 5. The number of rotatable bonds is 3. The molecule has 0 aromatic heterocycles. The van der Waals surface area contributed by atoms with E-state index in [1.807, 2.05) is 0 Å². The fourth-order valence-electron chi connectivity index (χ4n) is 4.53. The molecule has 5 aromatic carbocycles.